The van der Waals surface area contributed by atoms with Gasteiger partial charge in [-0.2, -0.15) is 0 Å². The van der Waals surface area contributed by atoms with Gasteiger partial charge in [-0.05, 0) is 24.3 Å². The molecule has 4 heteroatoms. The first kappa shape index (κ1) is 7.67. The molecular weight excluding hydrogens is 170 g/mol. The van der Waals surface area contributed by atoms with E-state index >= 15 is 0 Å². The number of phenolic OH excluding ortho intramolecular Hbond substituents is 1. The molecular formula is C9H7NO3. The van der Waals surface area contributed by atoms with Crippen LogP contribution in [0, 0.1) is 0 Å². The average molecular weight is 177 g/mol. The topological polar surface area (TPSA) is 76.5 Å². The number of carbonyl (C=O) groups excluding carboxylic acids is 1. The molecule has 0 saturated carbocycles. The lowest BCUT2D eigenvalue weighted by molar-refractivity contribution is 0.0976. The van der Waals surface area contributed by atoms with Crippen LogP contribution in [-0.4, -0.2) is 11.0 Å². The summed E-state index contributed by atoms with van der Waals surface area (Å²) in [5.74, 6) is -0.388. The Hall–Kier alpha value is -1.97. The van der Waals surface area contributed by atoms with Gasteiger partial charge in [0.15, 0.2) is 5.76 Å². The number of hydrogen-bond acceptors (Lipinski definition) is 3. The molecule has 1 aromatic carbocycles. The molecule has 0 spiro atoms. The number of rotatable bonds is 1. The maximum absolute atomic E-state index is 10.7. The van der Waals surface area contributed by atoms with Crippen molar-refractivity contribution in [3.05, 3.63) is 30.0 Å². The van der Waals surface area contributed by atoms with Crippen LogP contribution in [-0.2, 0) is 0 Å². The summed E-state index contributed by atoms with van der Waals surface area (Å²) in [5, 5.41) is 9.78. The smallest absolute Gasteiger partial charge is 0.284 e. The van der Waals surface area contributed by atoms with Gasteiger partial charge in [-0.3, -0.25) is 4.79 Å². The van der Waals surface area contributed by atoms with Crippen molar-refractivity contribution in [1.82, 2.24) is 0 Å². The average Bonchev–Trinajstić information content (AvgIpc) is 2.46. The van der Waals surface area contributed by atoms with Crippen LogP contribution in [0.2, 0.25) is 0 Å². The number of furan rings is 1. The minimum absolute atomic E-state index is 0.0978. The number of carbonyl (C=O) groups is 1. The highest BCUT2D eigenvalue weighted by Gasteiger charge is 2.08. The van der Waals surface area contributed by atoms with Crippen LogP contribution in [0.4, 0.5) is 0 Å². The van der Waals surface area contributed by atoms with Crippen LogP contribution in [0.15, 0.2) is 28.7 Å². The third-order valence-corrected chi connectivity index (χ3v) is 1.74. The molecule has 3 N–H and O–H groups in total. The number of amides is 1. The van der Waals surface area contributed by atoms with Gasteiger partial charge >= 0.3 is 0 Å². The third-order valence-electron chi connectivity index (χ3n) is 1.74. The van der Waals surface area contributed by atoms with Gasteiger partial charge in [0.25, 0.3) is 5.91 Å². The van der Waals surface area contributed by atoms with Crippen molar-refractivity contribution in [2.75, 3.05) is 0 Å². The fourth-order valence-corrected chi connectivity index (χ4v) is 1.15. The van der Waals surface area contributed by atoms with E-state index in [1.165, 1.54) is 18.2 Å². The van der Waals surface area contributed by atoms with Gasteiger partial charge in [-0.25, -0.2) is 0 Å². The molecule has 0 aliphatic heterocycles. The van der Waals surface area contributed by atoms with Crippen molar-refractivity contribution < 1.29 is 14.3 Å². The molecule has 0 atom stereocenters. The van der Waals surface area contributed by atoms with Crippen LogP contribution in [0.25, 0.3) is 11.0 Å². The van der Waals surface area contributed by atoms with Gasteiger partial charge in [0, 0.05) is 5.39 Å². The van der Waals surface area contributed by atoms with Gasteiger partial charge in [-0.1, -0.05) is 0 Å². The summed E-state index contributed by atoms with van der Waals surface area (Å²) in [4.78, 5) is 10.7. The van der Waals surface area contributed by atoms with Crippen LogP contribution in [0.1, 0.15) is 10.6 Å². The Labute approximate surface area is 73.6 Å². The van der Waals surface area contributed by atoms with Crippen molar-refractivity contribution in [2.45, 2.75) is 0 Å². The molecule has 1 amide bonds. The standard InChI is InChI=1S/C9H7NO3/c10-9(12)8-4-5-3-6(11)1-2-7(5)13-8/h1-4,11H,(H2,10,12). The largest absolute Gasteiger partial charge is 0.508 e. The first-order valence-corrected chi connectivity index (χ1v) is 3.69. The van der Waals surface area contributed by atoms with Crippen LogP contribution in [0.3, 0.4) is 0 Å². The van der Waals surface area contributed by atoms with Gasteiger partial charge < -0.3 is 15.3 Å². The molecule has 0 bridgehead atoms. The number of fused-ring (bicyclic) bond motifs is 1. The highest BCUT2D eigenvalue weighted by molar-refractivity contribution is 5.95. The molecule has 0 aliphatic rings. The van der Waals surface area contributed by atoms with E-state index in [1.54, 1.807) is 6.07 Å². The molecule has 66 valence electrons. The van der Waals surface area contributed by atoms with Gasteiger partial charge in [-0.15, -0.1) is 0 Å². The molecule has 2 rings (SSSR count). The van der Waals surface area contributed by atoms with E-state index in [4.69, 9.17) is 15.3 Å². The van der Waals surface area contributed by atoms with E-state index in [-0.39, 0.29) is 11.5 Å². The minimum Gasteiger partial charge on any atom is -0.508 e. The summed E-state index contributed by atoms with van der Waals surface area (Å²) in [6.45, 7) is 0. The van der Waals surface area contributed by atoms with Crippen molar-refractivity contribution in [3.8, 4) is 5.75 Å². The number of aromatic hydroxyl groups is 1. The maximum atomic E-state index is 10.7. The number of phenols is 1. The van der Waals surface area contributed by atoms with Crippen molar-refractivity contribution in [1.29, 1.82) is 0 Å². The Balaban J connectivity index is 2.68. The number of benzene rings is 1. The molecule has 2 aromatic rings. The van der Waals surface area contributed by atoms with E-state index in [1.807, 2.05) is 0 Å². The number of nitrogens with two attached hydrogens (primary N) is 1. The van der Waals surface area contributed by atoms with Gasteiger partial charge in [0.2, 0.25) is 0 Å². The van der Waals surface area contributed by atoms with E-state index in [9.17, 15) is 4.79 Å². The predicted molar refractivity (Wildman–Crippen MR) is 46.4 cm³/mol. The Morgan fingerprint density at radius 3 is 2.85 bits per heavy atom. The zero-order valence-electron chi connectivity index (χ0n) is 6.65. The van der Waals surface area contributed by atoms with Crippen LogP contribution in [0.5, 0.6) is 5.75 Å². The Bertz CT molecular complexity index is 473. The van der Waals surface area contributed by atoms with Crippen molar-refractivity contribution in [2.24, 2.45) is 5.73 Å². The molecule has 0 aliphatic carbocycles. The molecule has 0 saturated heterocycles. The van der Waals surface area contributed by atoms with Gasteiger partial charge in [0.05, 0.1) is 0 Å². The lowest BCUT2D eigenvalue weighted by Gasteiger charge is -1.88. The van der Waals surface area contributed by atoms with Crippen molar-refractivity contribution >= 4 is 16.9 Å². The van der Waals surface area contributed by atoms with Crippen LogP contribution < -0.4 is 5.73 Å². The molecule has 4 nitrogen and oxygen atoms in total. The fourth-order valence-electron chi connectivity index (χ4n) is 1.15. The Morgan fingerprint density at radius 2 is 2.15 bits per heavy atom. The van der Waals surface area contributed by atoms with Crippen LogP contribution >= 0.6 is 0 Å². The summed E-state index contributed by atoms with van der Waals surface area (Å²) in [6, 6.07) is 6.07. The second-order valence-corrected chi connectivity index (χ2v) is 2.70. The highest BCUT2D eigenvalue weighted by Crippen LogP contribution is 2.22. The molecule has 1 aromatic heterocycles. The fraction of sp³-hybridized carbons (Fsp3) is 0. The zero-order chi connectivity index (χ0) is 9.42. The molecule has 1 heterocycles. The van der Waals surface area contributed by atoms with E-state index in [0.717, 1.165) is 0 Å². The second-order valence-electron chi connectivity index (χ2n) is 2.70. The van der Waals surface area contributed by atoms with E-state index in [2.05, 4.69) is 0 Å². The summed E-state index contributed by atoms with van der Waals surface area (Å²) in [5.41, 5.74) is 5.55. The quantitative estimate of drug-likeness (QED) is 0.687. The lowest BCUT2D eigenvalue weighted by atomic mass is 10.2. The normalized spacial score (nSPS) is 10.5. The number of hydrogen-bond donors (Lipinski definition) is 2. The van der Waals surface area contributed by atoms with Crippen molar-refractivity contribution in [3.63, 3.8) is 0 Å². The Kier molecular flexibility index (Phi) is 1.48. The zero-order valence-corrected chi connectivity index (χ0v) is 6.65. The monoisotopic (exact) mass is 177 g/mol. The molecule has 0 unspecified atom stereocenters. The summed E-state index contributed by atoms with van der Waals surface area (Å²) in [6.07, 6.45) is 0. The maximum Gasteiger partial charge on any atom is 0.284 e. The summed E-state index contributed by atoms with van der Waals surface area (Å²) in [7, 11) is 0. The SMILES string of the molecule is NC(=O)c1cc2cc(O)ccc2o1. The van der Waals surface area contributed by atoms with E-state index in [0.29, 0.717) is 11.0 Å². The first-order chi connectivity index (χ1) is 6.16. The van der Waals surface area contributed by atoms with Gasteiger partial charge in [0.1, 0.15) is 11.3 Å². The number of primary amides is 1. The molecule has 0 fully saturated rings. The predicted octanol–water partition coefficient (Wildman–Crippen LogP) is 1.24. The minimum atomic E-state index is -0.615. The third kappa shape index (κ3) is 1.22. The second kappa shape index (κ2) is 2.52. The molecule has 13 heavy (non-hydrogen) atoms. The summed E-state index contributed by atoms with van der Waals surface area (Å²) < 4.78 is 5.10. The van der Waals surface area contributed by atoms with E-state index < -0.39 is 5.91 Å². The highest BCUT2D eigenvalue weighted by atomic mass is 16.3. The molecule has 0 radical (unpaired) electrons. The summed E-state index contributed by atoms with van der Waals surface area (Å²) >= 11 is 0. The Morgan fingerprint density at radius 1 is 1.38 bits per heavy atom. The first-order valence-electron chi connectivity index (χ1n) is 3.69. The lowest BCUT2D eigenvalue weighted by Crippen LogP contribution is -2.08.